The summed E-state index contributed by atoms with van der Waals surface area (Å²) in [6.45, 7) is 1.81. The van der Waals surface area contributed by atoms with E-state index in [2.05, 4.69) is 9.55 Å². The molecule has 0 saturated carbocycles. The molecule has 0 amide bonds. The molecule has 1 heterocycles. The molecule has 4 nitrogen and oxygen atoms in total. The second-order valence-corrected chi connectivity index (χ2v) is 4.74. The van der Waals surface area contributed by atoms with Gasteiger partial charge in [0.15, 0.2) is 0 Å². The summed E-state index contributed by atoms with van der Waals surface area (Å²) in [4.78, 5) is 4.03. The van der Waals surface area contributed by atoms with Crippen molar-refractivity contribution >= 4 is 0 Å². The van der Waals surface area contributed by atoms with Crippen LogP contribution in [0.4, 0.5) is 0 Å². The zero-order valence-corrected chi connectivity index (χ0v) is 12.0. The summed E-state index contributed by atoms with van der Waals surface area (Å²) in [5, 5.41) is 0. The molecule has 20 heavy (non-hydrogen) atoms. The minimum atomic E-state index is 0.762. The second kappa shape index (κ2) is 8.25. The molecule has 0 atom stereocenters. The Morgan fingerprint density at radius 3 is 2.75 bits per heavy atom. The van der Waals surface area contributed by atoms with Gasteiger partial charge in [0, 0.05) is 25.0 Å². The van der Waals surface area contributed by atoms with E-state index in [1.165, 1.54) is 19.3 Å². The first-order valence-corrected chi connectivity index (χ1v) is 7.11. The topological polar surface area (TPSA) is 36.3 Å². The SMILES string of the molecule is COc1cccc(OCCCCCCn2ccnc2)c1. The molecule has 0 spiro atoms. The Balaban J connectivity index is 1.53. The number of nitrogens with zero attached hydrogens (tertiary/aromatic N) is 2. The molecular weight excluding hydrogens is 252 g/mol. The average molecular weight is 274 g/mol. The number of benzene rings is 1. The van der Waals surface area contributed by atoms with Gasteiger partial charge >= 0.3 is 0 Å². The maximum absolute atomic E-state index is 5.71. The van der Waals surface area contributed by atoms with E-state index in [0.717, 1.165) is 31.1 Å². The smallest absolute Gasteiger partial charge is 0.122 e. The van der Waals surface area contributed by atoms with Crippen molar-refractivity contribution < 1.29 is 9.47 Å². The fourth-order valence-electron chi connectivity index (χ4n) is 2.05. The lowest BCUT2D eigenvalue weighted by molar-refractivity contribution is 0.302. The number of ether oxygens (including phenoxy) is 2. The van der Waals surface area contributed by atoms with E-state index in [1.54, 1.807) is 7.11 Å². The van der Waals surface area contributed by atoms with Gasteiger partial charge in [-0.05, 0) is 25.0 Å². The first-order chi connectivity index (χ1) is 9.88. The van der Waals surface area contributed by atoms with Gasteiger partial charge < -0.3 is 14.0 Å². The van der Waals surface area contributed by atoms with Crippen LogP contribution in [-0.2, 0) is 6.54 Å². The number of rotatable bonds is 9. The number of imidazole rings is 1. The summed E-state index contributed by atoms with van der Waals surface area (Å²) in [6.07, 6.45) is 10.4. The summed E-state index contributed by atoms with van der Waals surface area (Å²) in [6, 6.07) is 7.74. The van der Waals surface area contributed by atoms with Gasteiger partial charge in [0.25, 0.3) is 0 Å². The van der Waals surface area contributed by atoms with E-state index >= 15 is 0 Å². The van der Waals surface area contributed by atoms with Crippen LogP contribution in [0.15, 0.2) is 43.0 Å². The van der Waals surface area contributed by atoms with Gasteiger partial charge in [0.2, 0.25) is 0 Å². The normalized spacial score (nSPS) is 10.4. The molecule has 0 radical (unpaired) electrons. The Morgan fingerprint density at radius 1 is 1.10 bits per heavy atom. The van der Waals surface area contributed by atoms with Crippen LogP contribution in [0.5, 0.6) is 11.5 Å². The zero-order valence-electron chi connectivity index (χ0n) is 12.0. The molecular formula is C16H22N2O2. The van der Waals surface area contributed by atoms with E-state index in [0.29, 0.717) is 0 Å². The van der Waals surface area contributed by atoms with Gasteiger partial charge in [-0.3, -0.25) is 0 Å². The van der Waals surface area contributed by atoms with Crippen LogP contribution < -0.4 is 9.47 Å². The van der Waals surface area contributed by atoms with Crippen molar-refractivity contribution in [1.82, 2.24) is 9.55 Å². The van der Waals surface area contributed by atoms with Crippen LogP contribution >= 0.6 is 0 Å². The Morgan fingerprint density at radius 2 is 1.95 bits per heavy atom. The molecule has 2 aromatic rings. The summed E-state index contributed by atoms with van der Waals surface area (Å²) in [5.74, 6) is 1.71. The standard InChI is InChI=1S/C16H22N2O2/c1-19-15-7-6-8-16(13-15)20-12-5-3-2-4-10-18-11-9-17-14-18/h6-9,11,13-14H,2-5,10,12H2,1H3. The van der Waals surface area contributed by atoms with Crippen LogP contribution in [0.1, 0.15) is 25.7 Å². The molecule has 0 N–H and O–H groups in total. The number of aryl methyl sites for hydroxylation is 1. The predicted molar refractivity (Wildman–Crippen MR) is 79.2 cm³/mol. The molecule has 0 aliphatic heterocycles. The number of unbranched alkanes of at least 4 members (excludes halogenated alkanes) is 3. The van der Waals surface area contributed by atoms with Crippen molar-refractivity contribution in [2.24, 2.45) is 0 Å². The van der Waals surface area contributed by atoms with E-state index in [4.69, 9.17) is 9.47 Å². The van der Waals surface area contributed by atoms with Gasteiger partial charge in [0.1, 0.15) is 11.5 Å². The summed E-state index contributed by atoms with van der Waals surface area (Å²) < 4.78 is 13.0. The third-order valence-corrected chi connectivity index (χ3v) is 3.18. The van der Waals surface area contributed by atoms with Crippen LogP contribution in [0.25, 0.3) is 0 Å². The molecule has 1 aromatic heterocycles. The molecule has 0 bridgehead atoms. The number of hydrogen-bond donors (Lipinski definition) is 0. The summed E-state index contributed by atoms with van der Waals surface area (Å²) >= 11 is 0. The molecule has 4 heteroatoms. The third kappa shape index (κ3) is 4.96. The van der Waals surface area contributed by atoms with Crippen molar-refractivity contribution in [2.75, 3.05) is 13.7 Å². The van der Waals surface area contributed by atoms with E-state index in [1.807, 2.05) is 43.0 Å². The van der Waals surface area contributed by atoms with Crippen LogP contribution in [0, 0.1) is 0 Å². The minimum absolute atomic E-state index is 0.762. The van der Waals surface area contributed by atoms with Gasteiger partial charge in [-0.1, -0.05) is 18.9 Å². The highest BCUT2D eigenvalue weighted by atomic mass is 16.5. The number of aromatic nitrogens is 2. The molecule has 1 aromatic carbocycles. The van der Waals surface area contributed by atoms with E-state index < -0.39 is 0 Å². The van der Waals surface area contributed by atoms with Crippen molar-refractivity contribution in [3.63, 3.8) is 0 Å². The van der Waals surface area contributed by atoms with Gasteiger partial charge in [-0.15, -0.1) is 0 Å². The second-order valence-electron chi connectivity index (χ2n) is 4.74. The lowest BCUT2D eigenvalue weighted by Gasteiger charge is -2.07. The monoisotopic (exact) mass is 274 g/mol. The maximum atomic E-state index is 5.71. The summed E-state index contributed by atoms with van der Waals surface area (Å²) in [5.41, 5.74) is 0. The molecule has 108 valence electrons. The fourth-order valence-corrected chi connectivity index (χ4v) is 2.05. The fraction of sp³-hybridized carbons (Fsp3) is 0.438. The lowest BCUT2D eigenvalue weighted by Crippen LogP contribution is -1.98. The Bertz CT molecular complexity index is 483. The van der Waals surface area contributed by atoms with Gasteiger partial charge in [0.05, 0.1) is 20.0 Å². The molecule has 0 saturated heterocycles. The average Bonchev–Trinajstić information content (AvgIpc) is 3.00. The Kier molecular flexibility index (Phi) is 5.96. The first-order valence-electron chi connectivity index (χ1n) is 7.11. The van der Waals surface area contributed by atoms with Crippen molar-refractivity contribution in [3.05, 3.63) is 43.0 Å². The highest BCUT2D eigenvalue weighted by Crippen LogP contribution is 2.19. The first kappa shape index (κ1) is 14.4. The van der Waals surface area contributed by atoms with Crippen molar-refractivity contribution in [3.8, 4) is 11.5 Å². The van der Waals surface area contributed by atoms with E-state index in [9.17, 15) is 0 Å². The molecule has 0 aliphatic rings. The third-order valence-electron chi connectivity index (χ3n) is 3.18. The zero-order chi connectivity index (χ0) is 14.0. The highest BCUT2D eigenvalue weighted by molar-refractivity contribution is 5.32. The molecule has 0 fully saturated rings. The van der Waals surface area contributed by atoms with Gasteiger partial charge in [-0.25, -0.2) is 4.98 Å². The maximum Gasteiger partial charge on any atom is 0.122 e. The predicted octanol–water partition coefficient (Wildman–Crippen LogP) is 3.53. The largest absolute Gasteiger partial charge is 0.497 e. The number of methoxy groups -OCH3 is 1. The number of hydrogen-bond acceptors (Lipinski definition) is 3. The highest BCUT2D eigenvalue weighted by Gasteiger charge is 1.97. The van der Waals surface area contributed by atoms with E-state index in [-0.39, 0.29) is 0 Å². The van der Waals surface area contributed by atoms with Crippen molar-refractivity contribution in [1.29, 1.82) is 0 Å². The quantitative estimate of drug-likeness (QED) is 0.656. The van der Waals surface area contributed by atoms with Crippen LogP contribution in [0.3, 0.4) is 0 Å². The van der Waals surface area contributed by atoms with Crippen LogP contribution in [-0.4, -0.2) is 23.3 Å². The molecule has 0 aliphatic carbocycles. The van der Waals surface area contributed by atoms with Crippen LogP contribution in [0.2, 0.25) is 0 Å². The van der Waals surface area contributed by atoms with Gasteiger partial charge in [-0.2, -0.15) is 0 Å². The lowest BCUT2D eigenvalue weighted by atomic mass is 10.2. The Labute approximate surface area is 120 Å². The van der Waals surface area contributed by atoms with Crippen molar-refractivity contribution in [2.45, 2.75) is 32.2 Å². The molecule has 0 unspecified atom stereocenters. The minimum Gasteiger partial charge on any atom is -0.497 e. The molecule has 2 rings (SSSR count). The Hall–Kier alpha value is -1.97. The summed E-state index contributed by atoms with van der Waals surface area (Å²) in [7, 11) is 1.67.